The number of hydrogen-bond donors (Lipinski definition) is 1. The highest BCUT2D eigenvalue weighted by Crippen LogP contribution is 2.38. The highest BCUT2D eigenvalue weighted by atomic mass is 32.2. The zero-order valence-corrected chi connectivity index (χ0v) is 21.0. The van der Waals surface area contributed by atoms with Crippen LogP contribution in [0.4, 0.5) is 5.00 Å². The van der Waals surface area contributed by atoms with Crippen LogP contribution in [0.25, 0.3) is 0 Å². The van der Waals surface area contributed by atoms with Crippen molar-refractivity contribution < 1.29 is 27.5 Å². The van der Waals surface area contributed by atoms with Crippen molar-refractivity contribution in [2.45, 2.75) is 51.1 Å². The molecule has 0 saturated carbocycles. The maximum absolute atomic E-state index is 12.7. The van der Waals surface area contributed by atoms with Crippen LogP contribution in [0.5, 0.6) is 5.75 Å². The standard InChI is InChI=1S/C23H30N2O6S2/c1-5-31-23(27)21-18-10-12-25(15(2)3)14-19(18)32-22(21)24-20(26)11-13-33(28,29)17-8-6-16(30-4)7-9-17/h6-9,15H,5,10-14H2,1-4H3,(H,24,26). The number of fused-ring (bicyclic) bond motifs is 1. The number of anilines is 1. The van der Waals surface area contributed by atoms with Crippen LogP contribution in [0.15, 0.2) is 29.2 Å². The van der Waals surface area contributed by atoms with Crippen molar-refractivity contribution in [3.63, 3.8) is 0 Å². The van der Waals surface area contributed by atoms with Crippen LogP contribution in [-0.2, 0) is 32.3 Å². The van der Waals surface area contributed by atoms with Gasteiger partial charge in [0.15, 0.2) is 9.84 Å². The van der Waals surface area contributed by atoms with Gasteiger partial charge >= 0.3 is 5.97 Å². The van der Waals surface area contributed by atoms with Gasteiger partial charge < -0.3 is 14.8 Å². The number of sulfone groups is 1. The summed E-state index contributed by atoms with van der Waals surface area (Å²) in [6.45, 7) is 7.73. The van der Waals surface area contributed by atoms with E-state index < -0.39 is 21.7 Å². The second-order valence-corrected chi connectivity index (χ2v) is 11.2. The zero-order valence-electron chi connectivity index (χ0n) is 19.3. The molecule has 0 spiro atoms. The van der Waals surface area contributed by atoms with E-state index in [1.54, 1.807) is 19.1 Å². The third kappa shape index (κ3) is 5.93. The number of esters is 1. The second kappa shape index (κ2) is 10.7. The molecule has 8 nitrogen and oxygen atoms in total. The van der Waals surface area contributed by atoms with E-state index in [0.717, 1.165) is 17.0 Å². The van der Waals surface area contributed by atoms with Gasteiger partial charge in [0.2, 0.25) is 5.91 Å². The summed E-state index contributed by atoms with van der Waals surface area (Å²) in [5, 5.41) is 3.20. The first-order chi connectivity index (χ1) is 15.7. The number of nitrogens with zero attached hydrogens (tertiary/aromatic N) is 1. The molecular formula is C23H30N2O6S2. The van der Waals surface area contributed by atoms with E-state index in [-0.39, 0.29) is 23.7 Å². The minimum Gasteiger partial charge on any atom is -0.497 e. The maximum Gasteiger partial charge on any atom is 0.341 e. The molecule has 1 amide bonds. The van der Waals surface area contributed by atoms with Crippen LogP contribution >= 0.6 is 11.3 Å². The predicted octanol–water partition coefficient (Wildman–Crippen LogP) is 3.50. The third-order valence-corrected chi connectivity index (χ3v) is 8.43. The van der Waals surface area contributed by atoms with Crippen LogP contribution in [0, 0.1) is 0 Å². The molecule has 2 heterocycles. The molecule has 0 fully saturated rings. The lowest BCUT2D eigenvalue weighted by Crippen LogP contribution is -2.35. The fourth-order valence-electron chi connectivity index (χ4n) is 3.69. The van der Waals surface area contributed by atoms with Crippen LogP contribution in [0.3, 0.4) is 0 Å². The van der Waals surface area contributed by atoms with E-state index >= 15 is 0 Å². The summed E-state index contributed by atoms with van der Waals surface area (Å²) < 4.78 is 35.5. The molecule has 1 aromatic heterocycles. The topological polar surface area (TPSA) is 102 Å². The van der Waals surface area contributed by atoms with Gasteiger partial charge in [0.25, 0.3) is 0 Å². The molecule has 180 valence electrons. The highest BCUT2D eigenvalue weighted by molar-refractivity contribution is 7.91. The van der Waals surface area contributed by atoms with Crippen molar-refractivity contribution in [1.82, 2.24) is 4.90 Å². The zero-order chi connectivity index (χ0) is 24.2. The van der Waals surface area contributed by atoms with E-state index in [1.165, 1.54) is 30.6 Å². The van der Waals surface area contributed by atoms with Gasteiger partial charge in [-0.25, -0.2) is 13.2 Å². The first-order valence-electron chi connectivity index (χ1n) is 10.9. The van der Waals surface area contributed by atoms with Crippen LogP contribution in [0.2, 0.25) is 0 Å². The van der Waals surface area contributed by atoms with Crippen molar-refractivity contribution >= 4 is 38.1 Å². The molecule has 2 aromatic rings. The minimum absolute atomic E-state index is 0.128. The monoisotopic (exact) mass is 494 g/mol. The Morgan fingerprint density at radius 1 is 1.21 bits per heavy atom. The Morgan fingerprint density at radius 3 is 2.52 bits per heavy atom. The van der Waals surface area contributed by atoms with Crippen molar-refractivity contribution in [3.8, 4) is 5.75 Å². The normalized spacial score (nSPS) is 14.1. The van der Waals surface area contributed by atoms with E-state index in [2.05, 4.69) is 24.1 Å². The minimum atomic E-state index is -3.64. The average Bonchev–Trinajstić information content (AvgIpc) is 3.14. The van der Waals surface area contributed by atoms with Crippen LogP contribution < -0.4 is 10.1 Å². The van der Waals surface area contributed by atoms with Gasteiger partial charge in [-0.05, 0) is 57.0 Å². The van der Waals surface area contributed by atoms with Gasteiger partial charge in [-0.1, -0.05) is 0 Å². The number of benzene rings is 1. The molecule has 0 unspecified atom stereocenters. The molecule has 0 radical (unpaired) electrons. The Balaban J connectivity index is 1.75. The van der Waals surface area contributed by atoms with Gasteiger partial charge in [0.05, 0.1) is 29.9 Å². The molecule has 0 saturated heterocycles. The summed E-state index contributed by atoms with van der Waals surface area (Å²) in [6, 6.07) is 6.41. The van der Waals surface area contributed by atoms with Crippen LogP contribution in [0.1, 0.15) is 48.0 Å². The number of nitrogens with one attached hydrogen (secondary N) is 1. The fraction of sp³-hybridized carbons (Fsp3) is 0.478. The Hall–Kier alpha value is -2.43. The molecule has 1 N–H and O–H groups in total. The largest absolute Gasteiger partial charge is 0.497 e. The summed E-state index contributed by atoms with van der Waals surface area (Å²) in [5.74, 6) is -0.714. The summed E-state index contributed by atoms with van der Waals surface area (Å²) in [5.41, 5.74) is 1.31. The summed E-state index contributed by atoms with van der Waals surface area (Å²) in [4.78, 5) is 28.8. The Labute approximate surface area is 198 Å². The van der Waals surface area contributed by atoms with Crippen molar-refractivity contribution in [2.75, 3.05) is 31.3 Å². The lowest BCUT2D eigenvalue weighted by atomic mass is 10.0. The molecule has 0 aliphatic carbocycles. The van der Waals surface area contributed by atoms with Gasteiger partial charge in [-0.15, -0.1) is 11.3 Å². The molecular weight excluding hydrogens is 464 g/mol. The quantitative estimate of drug-likeness (QED) is 0.532. The number of methoxy groups -OCH3 is 1. The summed E-state index contributed by atoms with van der Waals surface area (Å²) in [7, 11) is -2.14. The Kier molecular flexibility index (Phi) is 8.14. The smallest absolute Gasteiger partial charge is 0.341 e. The molecule has 33 heavy (non-hydrogen) atoms. The Bertz CT molecular complexity index is 1110. The number of hydrogen-bond acceptors (Lipinski definition) is 8. The molecule has 0 bridgehead atoms. The second-order valence-electron chi connectivity index (χ2n) is 8.04. The molecule has 0 atom stereocenters. The van der Waals surface area contributed by atoms with Gasteiger partial charge in [-0.3, -0.25) is 9.69 Å². The number of carbonyl (C=O) groups is 2. The van der Waals surface area contributed by atoms with Gasteiger partial charge in [0.1, 0.15) is 10.8 Å². The lowest BCUT2D eigenvalue weighted by molar-refractivity contribution is -0.115. The highest BCUT2D eigenvalue weighted by Gasteiger charge is 2.30. The Morgan fingerprint density at radius 2 is 1.91 bits per heavy atom. The number of ether oxygens (including phenoxy) is 2. The summed E-state index contributed by atoms with van der Waals surface area (Å²) >= 11 is 1.36. The first kappa shape index (κ1) is 25.2. The van der Waals surface area contributed by atoms with Gasteiger partial charge in [-0.2, -0.15) is 0 Å². The average molecular weight is 495 g/mol. The first-order valence-corrected chi connectivity index (χ1v) is 13.4. The lowest BCUT2D eigenvalue weighted by Gasteiger charge is -2.30. The SMILES string of the molecule is CCOC(=O)c1c(NC(=O)CCS(=O)(=O)c2ccc(OC)cc2)sc2c1CCN(C(C)C)C2. The molecule has 1 aliphatic heterocycles. The number of rotatable bonds is 9. The molecule has 3 rings (SSSR count). The predicted molar refractivity (Wildman–Crippen MR) is 128 cm³/mol. The number of carbonyl (C=O) groups excluding carboxylic acids is 2. The van der Waals surface area contributed by atoms with Crippen molar-refractivity contribution in [2.24, 2.45) is 0 Å². The summed E-state index contributed by atoms with van der Waals surface area (Å²) in [6.07, 6.45) is 0.469. The fourth-order valence-corrected chi connectivity index (χ4v) is 6.21. The van der Waals surface area contributed by atoms with Crippen LogP contribution in [-0.4, -0.2) is 57.3 Å². The van der Waals surface area contributed by atoms with Gasteiger partial charge in [0, 0.05) is 30.4 Å². The van der Waals surface area contributed by atoms with Crippen molar-refractivity contribution in [1.29, 1.82) is 0 Å². The van der Waals surface area contributed by atoms with E-state index in [0.29, 0.717) is 35.3 Å². The number of thiophene rings is 1. The number of amides is 1. The van der Waals surface area contributed by atoms with E-state index in [1.807, 2.05) is 0 Å². The third-order valence-electron chi connectivity index (χ3n) is 5.57. The van der Waals surface area contributed by atoms with E-state index in [9.17, 15) is 18.0 Å². The molecule has 1 aromatic carbocycles. The van der Waals surface area contributed by atoms with E-state index in [4.69, 9.17) is 9.47 Å². The maximum atomic E-state index is 12.7. The molecule has 10 heteroatoms. The molecule has 1 aliphatic rings. The van der Waals surface area contributed by atoms with Crippen molar-refractivity contribution in [3.05, 3.63) is 40.3 Å².